The third-order valence-corrected chi connectivity index (χ3v) is 4.59. The van der Waals surface area contributed by atoms with E-state index in [0.717, 1.165) is 23.1 Å². The number of likely N-dealkylation sites (tertiary alicyclic amines) is 1. The van der Waals surface area contributed by atoms with Gasteiger partial charge in [-0.2, -0.15) is 0 Å². The Kier molecular flexibility index (Phi) is 5.82. The molecule has 0 aromatic heterocycles. The second kappa shape index (κ2) is 7.41. The molecule has 1 heterocycles. The number of rotatable bonds is 4. The van der Waals surface area contributed by atoms with Crippen molar-refractivity contribution in [3.8, 4) is 0 Å². The third kappa shape index (κ3) is 5.11. The van der Waals surface area contributed by atoms with Crippen molar-refractivity contribution in [1.29, 1.82) is 0 Å². The number of amides is 1. The highest BCUT2D eigenvalue weighted by atomic mass is 79.9. The predicted octanol–water partition coefficient (Wildman–Crippen LogP) is 3.60. The van der Waals surface area contributed by atoms with E-state index < -0.39 is 0 Å². The Labute approximate surface area is 136 Å². The number of carbonyl (C=O) groups is 1. The van der Waals surface area contributed by atoms with Crippen LogP contribution in [0.15, 0.2) is 28.7 Å². The summed E-state index contributed by atoms with van der Waals surface area (Å²) in [5, 5.41) is 3.10. The van der Waals surface area contributed by atoms with Crippen LogP contribution in [0.5, 0.6) is 0 Å². The second-order valence-corrected chi connectivity index (χ2v) is 7.40. The van der Waals surface area contributed by atoms with Crippen LogP contribution in [0.4, 0.5) is 0 Å². The molecule has 0 unspecified atom stereocenters. The first-order chi connectivity index (χ1) is 9.94. The van der Waals surface area contributed by atoms with E-state index in [1.54, 1.807) is 0 Å². The molecule has 116 valence electrons. The summed E-state index contributed by atoms with van der Waals surface area (Å²) >= 11 is 3.43. The van der Waals surface area contributed by atoms with Crippen molar-refractivity contribution < 1.29 is 4.79 Å². The monoisotopic (exact) mass is 352 g/mol. The lowest BCUT2D eigenvalue weighted by Crippen LogP contribution is -2.44. The van der Waals surface area contributed by atoms with Crippen molar-refractivity contribution in [2.75, 3.05) is 19.6 Å². The highest BCUT2D eigenvalue weighted by Gasteiger charge is 2.23. The third-order valence-electron chi connectivity index (χ3n) is 4.06. The maximum absolute atomic E-state index is 12.2. The lowest BCUT2D eigenvalue weighted by Gasteiger charge is -2.34. The van der Waals surface area contributed by atoms with Crippen LogP contribution in [0.1, 0.15) is 38.8 Å². The van der Waals surface area contributed by atoms with Gasteiger partial charge in [-0.25, -0.2) is 0 Å². The fraction of sp³-hybridized carbons (Fsp3) is 0.588. The van der Waals surface area contributed by atoms with Gasteiger partial charge in [0.1, 0.15) is 0 Å². The van der Waals surface area contributed by atoms with Crippen LogP contribution in [0.3, 0.4) is 0 Å². The topological polar surface area (TPSA) is 32.3 Å². The van der Waals surface area contributed by atoms with Gasteiger partial charge >= 0.3 is 0 Å². The molecule has 3 nitrogen and oxygen atoms in total. The van der Waals surface area contributed by atoms with E-state index in [2.05, 4.69) is 40.0 Å². The highest BCUT2D eigenvalue weighted by molar-refractivity contribution is 9.10. The minimum absolute atomic E-state index is 0.0465. The first kappa shape index (κ1) is 16.5. The van der Waals surface area contributed by atoms with Crippen molar-refractivity contribution in [2.45, 2.75) is 33.2 Å². The number of piperidine rings is 1. The quantitative estimate of drug-likeness (QED) is 0.897. The summed E-state index contributed by atoms with van der Waals surface area (Å²) in [4.78, 5) is 14.5. The Morgan fingerprint density at radius 1 is 1.29 bits per heavy atom. The van der Waals surface area contributed by atoms with Gasteiger partial charge < -0.3 is 5.32 Å². The average molecular weight is 353 g/mol. The van der Waals surface area contributed by atoms with Gasteiger partial charge in [0.05, 0.1) is 12.6 Å². The molecule has 4 heteroatoms. The van der Waals surface area contributed by atoms with Crippen LogP contribution >= 0.6 is 15.9 Å². The molecule has 1 aliphatic rings. The van der Waals surface area contributed by atoms with Gasteiger partial charge in [0, 0.05) is 17.6 Å². The molecule has 0 radical (unpaired) electrons. The molecular formula is C17H25BrN2O. The van der Waals surface area contributed by atoms with Crippen molar-refractivity contribution >= 4 is 21.8 Å². The average Bonchev–Trinajstić information content (AvgIpc) is 2.37. The molecule has 0 saturated carbocycles. The molecule has 0 spiro atoms. The van der Waals surface area contributed by atoms with Gasteiger partial charge in [-0.3, -0.25) is 9.69 Å². The summed E-state index contributed by atoms with van der Waals surface area (Å²) in [5.41, 5.74) is 1.13. The predicted molar refractivity (Wildman–Crippen MR) is 90.1 cm³/mol. The normalized spacial score (nSPS) is 24.6. The summed E-state index contributed by atoms with van der Waals surface area (Å²) in [5.74, 6) is 1.49. The molecule has 1 fully saturated rings. The summed E-state index contributed by atoms with van der Waals surface area (Å²) in [6.45, 7) is 9.14. The summed E-state index contributed by atoms with van der Waals surface area (Å²) in [6.07, 6.45) is 1.27. The molecule has 1 aliphatic heterocycles. The molecule has 0 aliphatic carbocycles. The van der Waals surface area contributed by atoms with Gasteiger partial charge in [0.2, 0.25) is 5.91 Å². The fourth-order valence-electron chi connectivity index (χ4n) is 3.25. The van der Waals surface area contributed by atoms with E-state index in [1.807, 2.05) is 31.2 Å². The standard InChI is InChI=1S/C17H25BrN2O/c1-12-8-13(2)10-20(9-12)11-17(21)19-14(3)15-4-6-16(18)7-5-15/h4-7,12-14H,8-11H2,1-3H3,(H,19,21)/t12-,13+,14-/m1/s1. The van der Waals surface area contributed by atoms with Crippen LogP contribution < -0.4 is 5.32 Å². The molecule has 0 bridgehead atoms. The number of nitrogens with one attached hydrogen (secondary N) is 1. The van der Waals surface area contributed by atoms with Crippen LogP contribution in [-0.2, 0) is 4.79 Å². The first-order valence-electron chi connectivity index (χ1n) is 7.71. The van der Waals surface area contributed by atoms with Crippen LogP contribution in [-0.4, -0.2) is 30.4 Å². The SMILES string of the molecule is C[C@@H]1C[C@H](C)CN(CC(=O)N[C@H](C)c2ccc(Br)cc2)C1. The Balaban J connectivity index is 1.85. The Hall–Kier alpha value is -0.870. The molecule has 3 atom stereocenters. The number of hydrogen-bond acceptors (Lipinski definition) is 2. The molecule has 1 aromatic rings. The minimum atomic E-state index is 0.0465. The minimum Gasteiger partial charge on any atom is -0.348 e. The smallest absolute Gasteiger partial charge is 0.234 e. The van der Waals surface area contributed by atoms with Gasteiger partial charge in [-0.1, -0.05) is 41.9 Å². The number of nitrogens with zero attached hydrogens (tertiary/aromatic N) is 1. The van der Waals surface area contributed by atoms with E-state index in [0.29, 0.717) is 18.4 Å². The summed E-state index contributed by atoms with van der Waals surface area (Å²) in [7, 11) is 0. The highest BCUT2D eigenvalue weighted by Crippen LogP contribution is 2.21. The number of hydrogen-bond donors (Lipinski definition) is 1. The molecule has 2 rings (SSSR count). The molecule has 1 amide bonds. The molecule has 1 N–H and O–H groups in total. The zero-order chi connectivity index (χ0) is 15.4. The van der Waals surface area contributed by atoms with Crippen LogP contribution in [0, 0.1) is 11.8 Å². The fourth-order valence-corrected chi connectivity index (χ4v) is 3.51. The van der Waals surface area contributed by atoms with Crippen molar-refractivity contribution in [3.63, 3.8) is 0 Å². The largest absolute Gasteiger partial charge is 0.348 e. The molecule has 1 aromatic carbocycles. The molecule has 21 heavy (non-hydrogen) atoms. The van der Waals surface area contributed by atoms with Gasteiger partial charge in [0.15, 0.2) is 0 Å². The maximum Gasteiger partial charge on any atom is 0.234 e. The van der Waals surface area contributed by atoms with E-state index in [-0.39, 0.29) is 11.9 Å². The van der Waals surface area contributed by atoms with Crippen molar-refractivity contribution in [1.82, 2.24) is 10.2 Å². The Bertz CT molecular complexity index is 464. The molecule has 1 saturated heterocycles. The zero-order valence-corrected chi connectivity index (χ0v) is 14.7. The second-order valence-electron chi connectivity index (χ2n) is 6.48. The van der Waals surface area contributed by atoms with Gasteiger partial charge in [-0.05, 0) is 42.9 Å². The first-order valence-corrected chi connectivity index (χ1v) is 8.50. The summed E-state index contributed by atoms with van der Waals surface area (Å²) < 4.78 is 1.06. The van der Waals surface area contributed by atoms with Gasteiger partial charge in [-0.15, -0.1) is 0 Å². The lowest BCUT2D eigenvalue weighted by molar-refractivity contribution is -0.123. The zero-order valence-electron chi connectivity index (χ0n) is 13.1. The van der Waals surface area contributed by atoms with Crippen molar-refractivity contribution in [3.05, 3.63) is 34.3 Å². The van der Waals surface area contributed by atoms with Gasteiger partial charge in [0.25, 0.3) is 0 Å². The van der Waals surface area contributed by atoms with Crippen molar-refractivity contribution in [2.24, 2.45) is 11.8 Å². The van der Waals surface area contributed by atoms with Crippen LogP contribution in [0.25, 0.3) is 0 Å². The number of halogens is 1. The summed E-state index contributed by atoms with van der Waals surface area (Å²) in [6, 6.07) is 8.14. The molecular weight excluding hydrogens is 328 g/mol. The number of carbonyl (C=O) groups excluding carboxylic acids is 1. The lowest BCUT2D eigenvalue weighted by atomic mass is 9.92. The van der Waals surface area contributed by atoms with Crippen LogP contribution in [0.2, 0.25) is 0 Å². The number of benzene rings is 1. The van der Waals surface area contributed by atoms with E-state index in [4.69, 9.17) is 0 Å². The van der Waals surface area contributed by atoms with E-state index in [1.165, 1.54) is 6.42 Å². The Morgan fingerprint density at radius 3 is 2.43 bits per heavy atom. The van der Waals surface area contributed by atoms with E-state index >= 15 is 0 Å². The van der Waals surface area contributed by atoms with E-state index in [9.17, 15) is 4.79 Å². The Morgan fingerprint density at radius 2 is 1.86 bits per heavy atom. The maximum atomic E-state index is 12.2.